The number of hydrogen-bond acceptors (Lipinski definition) is 4. The number of fused-ring (bicyclic) bond motifs is 1. The predicted molar refractivity (Wildman–Crippen MR) is 79.7 cm³/mol. The quantitative estimate of drug-likeness (QED) is 0.876. The molecule has 0 radical (unpaired) electrons. The molecule has 1 aliphatic rings. The molecule has 5 nitrogen and oxygen atoms in total. The van der Waals surface area contributed by atoms with Crippen molar-refractivity contribution in [3.8, 4) is 0 Å². The first-order valence-corrected chi connectivity index (χ1v) is 6.89. The van der Waals surface area contributed by atoms with Crippen LogP contribution in [-0.4, -0.2) is 48.5 Å². The fourth-order valence-electron chi connectivity index (χ4n) is 2.47. The largest absolute Gasteiger partial charge is 0.324 e. The Labute approximate surface area is 118 Å². The van der Waals surface area contributed by atoms with Crippen molar-refractivity contribution in [2.75, 3.05) is 38.0 Å². The highest BCUT2D eigenvalue weighted by atomic mass is 16.2. The van der Waals surface area contributed by atoms with Gasteiger partial charge < -0.3 is 10.6 Å². The summed E-state index contributed by atoms with van der Waals surface area (Å²) in [6.07, 6.45) is 1.76. The van der Waals surface area contributed by atoms with Crippen LogP contribution >= 0.6 is 0 Å². The lowest BCUT2D eigenvalue weighted by Gasteiger charge is -2.26. The summed E-state index contributed by atoms with van der Waals surface area (Å²) in [5.74, 6) is 0.0308. The number of aromatic nitrogens is 1. The monoisotopic (exact) mass is 270 g/mol. The number of rotatable bonds is 3. The average Bonchev–Trinajstić information content (AvgIpc) is 2.48. The lowest BCUT2D eigenvalue weighted by molar-refractivity contribution is -0.117. The van der Waals surface area contributed by atoms with Crippen LogP contribution in [0.15, 0.2) is 36.5 Å². The molecule has 0 aliphatic carbocycles. The van der Waals surface area contributed by atoms with Crippen LogP contribution in [0.5, 0.6) is 0 Å². The summed E-state index contributed by atoms with van der Waals surface area (Å²) >= 11 is 0. The van der Waals surface area contributed by atoms with E-state index in [0.29, 0.717) is 6.54 Å². The Balaban J connectivity index is 1.71. The maximum absolute atomic E-state index is 12.1. The molecule has 1 amide bonds. The van der Waals surface area contributed by atoms with E-state index in [0.717, 1.165) is 42.8 Å². The Morgan fingerprint density at radius 2 is 2.10 bits per heavy atom. The third-order valence-electron chi connectivity index (χ3n) is 3.50. The second kappa shape index (κ2) is 5.98. The van der Waals surface area contributed by atoms with Gasteiger partial charge in [-0.25, -0.2) is 0 Å². The second-order valence-electron chi connectivity index (χ2n) is 4.95. The van der Waals surface area contributed by atoms with Crippen molar-refractivity contribution in [2.24, 2.45) is 0 Å². The van der Waals surface area contributed by atoms with Gasteiger partial charge in [0.2, 0.25) is 5.91 Å². The van der Waals surface area contributed by atoms with Crippen LogP contribution in [-0.2, 0) is 4.79 Å². The number of pyridine rings is 1. The molecule has 5 heteroatoms. The summed E-state index contributed by atoms with van der Waals surface area (Å²) in [5.41, 5.74) is 1.73. The van der Waals surface area contributed by atoms with Crippen molar-refractivity contribution < 1.29 is 4.79 Å². The summed E-state index contributed by atoms with van der Waals surface area (Å²) in [7, 11) is 0. The van der Waals surface area contributed by atoms with Crippen molar-refractivity contribution in [1.82, 2.24) is 15.2 Å². The van der Waals surface area contributed by atoms with E-state index in [1.54, 1.807) is 6.20 Å². The zero-order valence-corrected chi connectivity index (χ0v) is 11.3. The summed E-state index contributed by atoms with van der Waals surface area (Å²) in [5, 5.41) is 7.25. The van der Waals surface area contributed by atoms with Gasteiger partial charge in [-0.2, -0.15) is 0 Å². The van der Waals surface area contributed by atoms with E-state index in [4.69, 9.17) is 0 Å². The number of benzene rings is 1. The molecule has 2 aromatic rings. The number of nitrogens with one attached hydrogen (secondary N) is 2. The van der Waals surface area contributed by atoms with Crippen LogP contribution in [0.3, 0.4) is 0 Å². The van der Waals surface area contributed by atoms with Crippen molar-refractivity contribution in [2.45, 2.75) is 0 Å². The van der Waals surface area contributed by atoms with Gasteiger partial charge in [-0.05, 0) is 24.3 Å². The van der Waals surface area contributed by atoms with Gasteiger partial charge in [0.05, 0.1) is 17.7 Å². The molecule has 1 aliphatic heterocycles. The van der Waals surface area contributed by atoms with Crippen LogP contribution in [0.4, 0.5) is 5.69 Å². The van der Waals surface area contributed by atoms with E-state index < -0.39 is 0 Å². The van der Waals surface area contributed by atoms with Gasteiger partial charge in [0.1, 0.15) is 0 Å². The molecule has 0 atom stereocenters. The third kappa shape index (κ3) is 2.95. The molecular weight excluding hydrogens is 252 g/mol. The van der Waals surface area contributed by atoms with E-state index >= 15 is 0 Å². The van der Waals surface area contributed by atoms with Crippen molar-refractivity contribution >= 4 is 22.5 Å². The van der Waals surface area contributed by atoms with E-state index in [-0.39, 0.29) is 5.91 Å². The number of anilines is 1. The Bertz CT molecular complexity index is 602. The maximum atomic E-state index is 12.1. The van der Waals surface area contributed by atoms with Gasteiger partial charge in [0.15, 0.2) is 0 Å². The summed E-state index contributed by atoms with van der Waals surface area (Å²) in [6.45, 7) is 4.18. The Kier molecular flexibility index (Phi) is 3.90. The minimum absolute atomic E-state index is 0.0308. The number of nitrogens with zero attached hydrogens (tertiary/aromatic N) is 2. The first kappa shape index (κ1) is 13.0. The highest BCUT2D eigenvalue weighted by molar-refractivity contribution is 6.01. The molecule has 2 N–H and O–H groups in total. The molecule has 0 spiro atoms. The molecule has 1 saturated heterocycles. The highest BCUT2D eigenvalue weighted by Crippen LogP contribution is 2.21. The summed E-state index contributed by atoms with van der Waals surface area (Å²) in [4.78, 5) is 18.6. The first-order valence-electron chi connectivity index (χ1n) is 6.89. The van der Waals surface area contributed by atoms with Crippen molar-refractivity contribution in [3.05, 3.63) is 36.5 Å². The third-order valence-corrected chi connectivity index (χ3v) is 3.50. The molecule has 20 heavy (non-hydrogen) atoms. The van der Waals surface area contributed by atoms with Gasteiger partial charge >= 0.3 is 0 Å². The summed E-state index contributed by atoms with van der Waals surface area (Å²) in [6, 6.07) is 9.63. The fourth-order valence-corrected chi connectivity index (χ4v) is 2.47. The minimum Gasteiger partial charge on any atom is -0.324 e. The molecule has 104 valence electrons. The SMILES string of the molecule is O=C(CN1CCNCC1)Nc1cccc2ncccc12. The Hall–Kier alpha value is -1.98. The molecule has 0 bridgehead atoms. The number of carbonyl (C=O) groups excluding carboxylic acids is 1. The zero-order chi connectivity index (χ0) is 13.8. The van der Waals surface area contributed by atoms with Gasteiger partial charge in [-0.15, -0.1) is 0 Å². The topological polar surface area (TPSA) is 57.3 Å². The molecule has 0 unspecified atom stereocenters. The molecule has 1 fully saturated rings. The molecule has 1 aromatic carbocycles. The Morgan fingerprint density at radius 1 is 1.25 bits per heavy atom. The van der Waals surface area contributed by atoms with E-state index in [1.807, 2.05) is 30.3 Å². The van der Waals surface area contributed by atoms with Gasteiger partial charge in [0, 0.05) is 37.8 Å². The molecule has 3 rings (SSSR count). The average molecular weight is 270 g/mol. The number of amides is 1. The van der Waals surface area contributed by atoms with Crippen LogP contribution < -0.4 is 10.6 Å². The van der Waals surface area contributed by atoms with Crippen LogP contribution in [0.2, 0.25) is 0 Å². The standard InChI is InChI=1S/C15H18N4O/c20-15(11-19-9-7-16-8-10-19)18-14-5-1-4-13-12(14)3-2-6-17-13/h1-6,16H,7-11H2,(H,18,20). The van der Waals surface area contributed by atoms with Crippen LogP contribution in [0.25, 0.3) is 10.9 Å². The maximum Gasteiger partial charge on any atom is 0.238 e. The molecular formula is C15H18N4O. The highest BCUT2D eigenvalue weighted by Gasteiger charge is 2.14. The lowest BCUT2D eigenvalue weighted by Crippen LogP contribution is -2.46. The molecule has 1 aromatic heterocycles. The van der Waals surface area contributed by atoms with E-state index in [2.05, 4.69) is 20.5 Å². The number of carbonyl (C=O) groups is 1. The van der Waals surface area contributed by atoms with E-state index in [1.165, 1.54) is 0 Å². The fraction of sp³-hybridized carbons (Fsp3) is 0.333. The van der Waals surface area contributed by atoms with Crippen molar-refractivity contribution in [1.29, 1.82) is 0 Å². The van der Waals surface area contributed by atoms with Crippen LogP contribution in [0.1, 0.15) is 0 Å². The first-order chi connectivity index (χ1) is 9.83. The number of piperazine rings is 1. The Morgan fingerprint density at radius 3 is 2.95 bits per heavy atom. The predicted octanol–water partition coefficient (Wildman–Crippen LogP) is 1.08. The lowest BCUT2D eigenvalue weighted by atomic mass is 10.2. The smallest absolute Gasteiger partial charge is 0.238 e. The van der Waals surface area contributed by atoms with Crippen LogP contribution in [0, 0.1) is 0 Å². The summed E-state index contributed by atoms with van der Waals surface area (Å²) < 4.78 is 0. The van der Waals surface area contributed by atoms with Crippen molar-refractivity contribution in [3.63, 3.8) is 0 Å². The second-order valence-corrected chi connectivity index (χ2v) is 4.95. The van der Waals surface area contributed by atoms with Gasteiger partial charge in [-0.3, -0.25) is 14.7 Å². The minimum atomic E-state index is 0.0308. The zero-order valence-electron chi connectivity index (χ0n) is 11.3. The molecule has 0 saturated carbocycles. The van der Waals surface area contributed by atoms with Gasteiger partial charge in [-0.1, -0.05) is 6.07 Å². The van der Waals surface area contributed by atoms with E-state index in [9.17, 15) is 4.79 Å². The number of hydrogen-bond donors (Lipinski definition) is 2. The normalized spacial score (nSPS) is 16.2. The molecule has 2 heterocycles. The van der Waals surface area contributed by atoms with Gasteiger partial charge in [0.25, 0.3) is 0 Å².